The molecule has 0 atom stereocenters. The molecule has 0 unspecified atom stereocenters. The van der Waals surface area contributed by atoms with Crippen molar-refractivity contribution in [1.82, 2.24) is 0 Å². The van der Waals surface area contributed by atoms with Gasteiger partial charge in [0, 0.05) is 10.8 Å². The predicted molar refractivity (Wildman–Crippen MR) is 64.0 cm³/mol. The highest BCUT2D eigenvalue weighted by molar-refractivity contribution is 8.93. The molecule has 1 nitrogen and oxygen atoms in total. The molecule has 3 aromatic rings. The van der Waals surface area contributed by atoms with Crippen molar-refractivity contribution in [3.63, 3.8) is 0 Å². The largest absolute Gasteiger partial charge is 0.456 e. The van der Waals surface area contributed by atoms with Gasteiger partial charge in [0.25, 0.3) is 0 Å². The molecule has 2 aromatic carbocycles. The molecule has 70 valence electrons. The second-order valence-electron chi connectivity index (χ2n) is 3.01. The van der Waals surface area contributed by atoms with E-state index in [9.17, 15) is 0 Å². The van der Waals surface area contributed by atoms with Gasteiger partial charge in [-0.1, -0.05) is 36.4 Å². The van der Waals surface area contributed by atoms with Gasteiger partial charge in [0.05, 0.1) is 1.37 Å². The smallest absolute Gasteiger partial charge is 0.135 e. The number of benzene rings is 2. The molecule has 0 amide bonds. The highest BCUT2D eigenvalue weighted by Gasteiger charge is 2.02. The van der Waals surface area contributed by atoms with Crippen molar-refractivity contribution in [3.8, 4) is 0 Å². The van der Waals surface area contributed by atoms with E-state index in [0.717, 1.165) is 16.4 Å². The van der Waals surface area contributed by atoms with Crippen LogP contribution in [0.25, 0.3) is 21.9 Å². The fraction of sp³-hybridized carbons (Fsp3) is 0. The molecule has 0 aliphatic heterocycles. The van der Waals surface area contributed by atoms with Crippen molar-refractivity contribution in [3.05, 3.63) is 48.5 Å². The van der Waals surface area contributed by atoms with E-state index in [0.29, 0.717) is 11.6 Å². The van der Waals surface area contributed by atoms with Gasteiger partial charge in [-0.15, -0.1) is 17.0 Å². The summed E-state index contributed by atoms with van der Waals surface area (Å²) in [5.41, 5.74) is 1.52. The van der Waals surface area contributed by atoms with Gasteiger partial charge >= 0.3 is 0 Å². The molecular weight excluding hydrogens is 240 g/mol. The first-order valence-electron chi connectivity index (χ1n) is 4.73. The Hall–Kier alpha value is -1.28. The highest BCUT2D eigenvalue weighted by atomic mass is 79.9. The summed E-state index contributed by atoms with van der Waals surface area (Å²) in [7, 11) is 0. The van der Waals surface area contributed by atoms with Crippen LogP contribution in [0, 0.1) is 0 Å². The van der Waals surface area contributed by atoms with E-state index in [-0.39, 0.29) is 17.0 Å². The first-order chi connectivity index (χ1) is 6.86. The molecule has 14 heavy (non-hydrogen) atoms. The van der Waals surface area contributed by atoms with Crippen LogP contribution in [-0.4, -0.2) is 0 Å². The Kier molecular flexibility index (Phi) is 1.99. The van der Waals surface area contributed by atoms with E-state index in [1.807, 2.05) is 36.4 Å². The summed E-state index contributed by atoms with van der Waals surface area (Å²) in [4.78, 5) is 0. The predicted octanol–water partition coefficient (Wildman–Crippen LogP) is 4.16. The van der Waals surface area contributed by atoms with Crippen LogP contribution in [0.3, 0.4) is 0 Å². The lowest BCUT2D eigenvalue weighted by atomic mass is 10.2. The maximum Gasteiger partial charge on any atom is 0.135 e. The number of hydrogen-bond acceptors (Lipinski definition) is 1. The van der Waals surface area contributed by atoms with Gasteiger partial charge in [-0.05, 0) is 12.1 Å². The van der Waals surface area contributed by atoms with Crippen molar-refractivity contribution in [2.24, 2.45) is 0 Å². The molecule has 0 aliphatic rings. The first-order valence-corrected chi connectivity index (χ1v) is 4.23. The lowest BCUT2D eigenvalue weighted by Gasteiger charge is -1.85. The molecule has 0 saturated carbocycles. The summed E-state index contributed by atoms with van der Waals surface area (Å²) < 4.78 is 13.3. The lowest BCUT2D eigenvalue weighted by Crippen LogP contribution is -1.62. The van der Waals surface area contributed by atoms with Crippen molar-refractivity contribution in [2.75, 3.05) is 0 Å². The maximum atomic E-state index is 7.70. The topological polar surface area (TPSA) is 13.1 Å². The Labute approximate surface area is 93.5 Å². The molecule has 1 aromatic heterocycles. The zero-order valence-electron chi connectivity index (χ0n) is 8.36. The zero-order valence-corrected chi connectivity index (χ0v) is 9.07. The fourth-order valence-corrected chi connectivity index (χ4v) is 1.61. The van der Waals surface area contributed by atoms with E-state index in [2.05, 4.69) is 0 Å². The van der Waals surface area contributed by atoms with Crippen molar-refractivity contribution >= 4 is 38.9 Å². The van der Waals surface area contributed by atoms with Gasteiger partial charge in [0.1, 0.15) is 11.2 Å². The average Bonchev–Trinajstić information content (AvgIpc) is 2.59. The molecule has 0 spiro atoms. The lowest BCUT2D eigenvalue weighted by molar-refractivity contribution is 0.669. The van der Waals surface area contributed by atoms with Crippen LogP contribution in [0.2, 0.25) is 0 Å². The Bertz CT molecular complexity index is 615. The Morgan fingerprint density at radius 2 is 1.50 bits per heavy atom. The van der Waals surface area contributed by atoms with E-state index < -0.39 is 0 Å². The molecular formula is C12H9BrO. The van der Waals surface area contributed by atoms with Gasteiger partial charge in [0.2, 0.25) is 0 Å². The normalized spacial score (nSPS) is 11.3. The van der Waals surface area contributed by atoms with Crippen molar-refractivity contribution in [1.29, 1.82) is 0 Å². The van der Waals surface area contributed by atoms with Crippen LogP contribution in [0.4, 0.5) is 0 Å². The first kappa shape index (κ1) is 8.06. The second kappa shape index (κ2) is 3.46. The Morgan fingerprint density at radius 3 is 2.36 bits per heavy atom. The summed E-state index contributed by atoms with van der Waals surface area (Å²) in [6.07, 6.45) is 0. The van der Waals surface area contributed by atoms with E-state index in [4.69, 9.17) is 5.79 Å². The van der Waals surface area contributed by atoms with Crippen LogP contribution >= 0.6 is 17.0 Å². The number of furan rings is 1. The number of para-hydroxylation sites is 2. The average molecular weight is 250 g/mol. The van der Waals surface area contributed by atoms with Crippen LogP contribution in [-0.2, 0) is 0 Å². The summed E-state index contributed by atoms with van der Waals surface area (Å²) >= 11 is 0. The molecule has 0 aliphatic carbocycles. The standard InChI is InChI=1S/C12H8O.BrH/c1-3-7-11-9(5-1)10-6-2-4-8-12(10)13-11;/h1-8H;1H/i7D;. The molecule has 0 fully saturated rings. The molecule has 0 N–H and O–H groups in total. The minimum absolute atomic E-state index is 0. The summed E-state index contributed by atoms with van der Waals surface area (Å²) in [6, 6.07) is 13.9. The number of halogens is 1. The highest BCUT2D eigenvalue weighted by Crippen LogP contribution is 2.27. The second-order valence-corrected chi connectivity index (χ2v) is 3.01. The van der Waals surface area contributed by atoms with Crippen LogP contribution < -0.4 is 0 Å². The van der Waals surface area contributed by atoms with E-state index in [1.54, 1.807) is 6.07 Å². The maximum absolute atomic E-state index is 7.70. The quantitative estimate of drug-likeness (QED) is 0.583. The van der Waals surface area contributed by atoms with Crippen LogP contribution in [0.1, 0.15) is 1.37 Å². The van der Waals surface area contributed by atoms with Gasteiger partial charge in [-0.3, -0.25) is 0 Å². The van der Waals surface area contributed by atoms with E-state index >= 15 is 0 Å². The van der Waals surface area contributed by atoms with Gasteiger partial charge in [-0.25, -0.2) is 0 Å². The number of fused-ring (bicyclic) bond motifs is 3. The molecule has 0 saturated heterocycles. The fourth-order valence-electron chi connectivity index (χ4n) is 1.61. The van der Waals surface area contributed by atoms with E-state index in [1.165, 1.54) is 0 Å². The molecule has 0 radical (unpaired) electrons. The molecule has 1 heterocycles. The van der Waals surface area contributed by atoms with Crippen molar-refractivity contribution < 1.29 is 5.79 Å². The van der Waals surface area contributed by atoms with Gasteiger partial charge < -0.3 is 4.42 Å². The monoisotopic (exact) mass is 249 g/mol. The third kappa shape index (κ3) is 1.23. The summed E-state index contributed by atoms with van der Waals surface area (Å²) in [6.45, 7) is 0. The Balaban J connectivity index is 0.000000853. The number of rotatable bonds is 0. The third-order valence-corrected chi connectivity index (χ3v) is 2.21. The third-order valence-electron chi connectivity index (χ3n) is 2.21. The summed E-state index contributed by atoms with van der Waals surface area (Å²) in [5, 5.41) is 2.10. The van der Waals surface area contributed by atoms with Crippen molar-refractivity contribution in [2.45, 2.75) is 0 Å². The minimum atomic E-state index is 0. The van der Waals surface area contributed by atoms with Crippen LogP contribution in [0.5, 0.6) is 0 Å². The van der Waals surface area contributed by atoms with Gasteiger partial charge in [-0.2, -0.15) is 0 Å². The Morgan fingerprint density at radius 1 is 0.857 bits per heavy atom. The molecule has 2 heteroatoms. The van der Waals surface area contributed by atoms with Gasteiger partial charge in [0.15, 0.2) is 0 Å². The van der Waals surface area contributed by atoms with Crippen LogP contribution in [0.15, 0.2) is 52.9 Å². The summed E-state index contributed by atoms with van der Waals surface area (Å²) in [5.74, 6) is 0. The minimum Gasteiger partial charge on any atom is -0.456 e. The number of hydrogen-bond donors (Lipinski definition) is 0. The molecule has 0 bridgehead atoms. The molecule has 3 rings (SSSR count). The SMILES string of the molecule is Br.[2H]c1cccc2c1oc1ccccc12. The zero-order chi connectivity index (χ0) is 9.54.